The second-order valence-electron chi connectivity index (χ2n) is 6.31. The zero-order valence-electron chi connectivity index (χ0n) is 12.9. The highest BCUT2D eigenvalue weighted by atomic mass is 16.6. The highest BCUT2D eigenvalue weighted by Crippen LogP contribution is 2.33. The molecule has 0 spiro atoms. The van der Waals surface area contributed by atoms with Gasteiger partial charge >= 0.3 is 0 Å². The number of nitrogen functional groups attached to an aromatic ring is 1. The number of aliphatic hydroxyl groups is 3. The predicted octanol–water partition coefficient (Wildman–Crippen LogP) is -1.16. The van der Waals surface area contributed by atoms with E-state index in [-0.39, 0.29) is 5.95 Å². The topological polar surface area (TPSA) is 152 Å². The van der Waals surface area contributed by atoms with E-state index in [0.717, 1.165) is 6.54 Å². The Morgan fingerprint density at radius 1 is 1.29 bits per heavy atom. The molecule has 3 heterocycles. The van der Waals surface area contributed by atoms with Gasteiger partial charge in [-0.2, -0.15) is 9.97 Å². The molecule has 0 aromatic carbocycles. The summed E-state index contributed by atoms with van der Waals surface area (Å²) in [6, 6.07) is 0. The molecule has 1 aliphatic carbocycles. The molecule has 0 bridgehead atoms. The molecule has 2 aromatic rings. The second-order valence-corrected chi connectivity index (χ2v) is 6.31. The van der Waals surface area contributed by atoms with Gasteiger partial charge in [-0.1, -0.05) is 0 Å². The molecule has 2 aliphatic rings. The number of nitrogens with two attached hydrogens (primary N) is 1. The van der Waals surface area contributed by atoms with Crippen molar-refractivity contribution < 1.29 is 20.1 Å². The Bertz CT molecular complexity index is 748. The maximum atomic E-state index is 10.2. The summed E-state index contributed by atoms with van der Waals surface area (Å²) >= 11 is 0. The maximum Gasteiger partial charge on any atom is 0.224 e. The molecule has 24 heavy (non-hydrogen) atoms. The normalized spacial score (nSPS) is 30.1. The number of anilines is 2. The Kier molecular flexibility index (Phi) is 3.76. The van der Waals surface area contributed by atoms with E-state index in [9.17, 15) is 15.3 Å². The lowest BCUT2D eigenvalue weighted by Gasteiger charge is -2.16. The van der Waals surface area contributed by atoms with Crippen LogP contribution in [0.2, 0.25) is 0 Å². The van der Waals surface area contributed by atoms with Crippen LogP contribution in [0.1, 0.15) is 19.1 Å². The smallest absolute Gasteiger partial charge is 0.224 e. The van der Waals surface area contributed by atoms with Gasteiger partial charge in [0.1, 0.15) is 18.3 Å². The molecule has 10 heteroatoms. The van der Waals surface area contributed by atoms with Crippen molar-refractivity contribution in [1.82, 2.24) is 19.5 Å². The first-order chi connectivity index (χ1) is 11.6. The van der Waals surface area contributed by atoms with Crippen LogP contribution in [0.15, 0.2) is 6.33 Å². The molecule has 130 valence electrons. The first-order valence-corrected chi connectivity index (χ1v) is 7.95. The number of aliphatic hydroxyl groups excluding tert-OH is 3. The van der Waals surface area contributed by atoms with Crippen molar-refractivity contribution in [3.8, 4) is 0 Å². The van der Waals surface area contributed by atoms with Gasteiger partial charge in [0.05, 0.1) is 12.9 Å². The van der Waals surface area contributed by atoms with Crippen molar-refractivity contribution in [2.45, 2.75) is 37.4 Å². The first-order valence-electron chi connectivity index (χ1n) is 7.95. The monoisotopic (exact) mass is 336 g/mol. The fraction of sp³-hybridized carbons (Fsp3) is 0.643. The summed E-state index contributed by atoms with van der Waals surface area (Å²) in [6.07, 6.45) is -0.312. The Labute approximate surface area is 137 Å². The van der Waals surface area contributed by atoms with Crippen molar-refractivity contribution in [1.29, 1.82) is 0 Å². The minimum absolute atomic E-state index is 0.0780. The number of hydrogen-bond acceptors (Lipinski definition) is 9. The Balaban J connectivity index is 1.69. The van der Waals surface area contributed by atoms with Crippen molar-refractivity contribution in [2.75, 3.05) is 24.2 Å². The van der Waals surface area contributed by atoms with E-state index in [1.807, 2.05) is 0 Å². The van der Waals surface area contributed by atoms with E-state index < -0.39 is 31.1 Å². The van der Waals surface area contributed by atoms with Crippen LogP contribution in [0.25, 0.3) is 11.2 Å². The summed E-state index contributed by atoms with van der Waals surface area (Å²) in [5, 5.41) is 32.6. The van der Waals surface area contributed by atoms with E-state index in [2.05, 4.69) is 20.3 Å². The number of hydrogen-bond donors (Lipinski definition) is 5. The molecule has 0 unspecified atom stereocenters. The zero-order chi connectivity index (χ0) is 16.8. The number of imidazole rings is 1. The molecule has 6 N–H and O–H groups in total. The third-order valence-corrected chi connectivity index (χ3v) is 4.49. The van der Waals surface area contributed by atoms with Crippen LogP contribution in [-0.4, -0.2) is 66.3 Å². The molecule has 4 rings (SSSR count). The lowest BCUT2D eigenvalue weighted by Crippen LogP contribution is -2.33. The highest BCUT2D eigenvalue weighted by molar-refractivity contribution is 5.84. The standard InChI is InChI=1S/C14H20N6O4/c15-14-18-11(16-3-6-1-2-6)8-12(19-14)20(5-17-8)13-10(23)9(22)7(4-21)24-13/h5-7,9-10,13,21-23H,1-4H2,(H3,15,16,18,19)/t7-,9+,10+,13-/m1/s1. The van der Waals surface area contributed by atoms with Gasteiger partial charge in [0, 0.05) is 6.54 Å². The first kappa shape index (κ1) is 15.5. The number of ether oxygens (including phenoxy) is 1. The quantitative estimate of drug-likeness (QED) is 0.455. The SMILES string of the molecule is Nc1nc(NCC2CC2)c2ncn([C@@H]3O[C@H](CO)[C@H](O)[C@@H]3O)c2n1. The van der Waals surface area contributed by atoms with E-state index >= 15 is 0 Å². The van der Waals surface area contributed by atoms with Gasteiger partial charge in [-0.3, -0.25) is 4.57 Å². The minimum Gasteiger partial charge on any atom is -0.394 e. The third kappa shape index (κ3) is 2.57. The molecular formula is C14H20N6O4. The zero-order valence-corrected chi connectivity index (χ0v) is 12.9. The summed E-state index contributed by atoms with van der Waals surface area (Å²) in [5.41, 5.74) is 6.71. The van der Waals surface area contributed by atoms with E-state index in [1.165, 1.54) is 23.7 Å². The Morgan fingerprint density at radius 2 is 2.08 bits per heavy atom. The summed E-state index contributed by atoms with van der Waals surface area (Å²) in [6.45, 7) is 0.402. The van der Waals surface area contributed by atoms with Crippen molar-refractivity contribution in [2.24, 2.45) is 5.92 Å². The fourth-order valence-corrected chi connectivity index (χ4v) is 2.92. The van der Waals surface area contributed by atoms with Crippen LogP contribution in [0, 0.1) is 5.92 Å². The Hall–Kier alpha value is -2.01. The molecule has 2 aromatic heterocycles. The number of aromatic nitrogens is 4. The molecule has 1 saturated heterocycles. The number of nitrogens with one attached hydrogen (secondary N) is 1. The summed E-state index contributed by atoms with van der Waals surface area (Å²) in [5.74, 6) is 1.27. The third-order valence-electron chi connectivity index (χ3n) is 4.49. The Morgan fingerprint density at radius 3 is 2.75 bits per heavy atom. The molecule has 1 aliphatic heterocycles. The molecular weight excluding hydrogens is 316 g/mol. The molecule has 1 saturated carbocycles. The average Bonchev–Trinajstić information content (AvgIpc) is 3.24. The van der Waals surface area contributed by atoms with Gasteiger partial charge in [0.25, 0.3) is 0 Å². The average molecular weight is 336 g/mol. The minimum atomic E-state index is -1.21. The van der Waals surface area contributed by atoms with E-state index in [1.54, 1.807) is 0 Å². The van der Waals surface area contributed by atoms with Gasteiger partial charge in [-0.25, -0.2) is 4.98 Å². The van der Waals surface area contributed by atoms with Crippen LogP contribution in [-0.2, 0) is 4.74 Å². The van der Waals surface area contributed by atoms with E-state index in [0.29, 0.717) is 22.9 Å². The van der Waals surface area contributed by atoms with Gasteiger partial charge in [0.2, 0.25) is 5.95 Å². The highest BCUT2D eigenvalue weighted by Gasteiger charge is 2.44. The summed E-state index contributed by atoms with van der Waals surface area (Å²) in [4.78, 5) is 12.7. The molecule has 0 radical (unpaired) electrons. The molecule has 2 fully saturated rings. The van der Waals surface area contributed by atoms with Crippen molar-refractivity contribution in [3.63, 3.8) is 0 Å². The molecule has 4 atom stereocenters. The van der Waals surface area contributed by atoms with Crippen molar-refractivity contribution >= 4 is 22.9 Å². The van der Waals surface area contributed by atoms with Gasteiger partial charge < -0.3 is 31.1 Å². The van der Waals surface area contributed by atoms with Crippen LogP contribution in [0.5, 0.6) is 0 Å². The predicted molar refractivity (Wildman–Crippen MR) is 84.0 cm³/mol. The molecule has 10 nitrogen and oxygen atoms in total. The fourth-order valence-electron chi connectivity index (χ4n) is 2.92. The largest absolute Gasteiger partial charge is 0.394 e. The van der Waals surface area contributed by atoms with Gasteiger partial charge in [-0.15, -0.1) is 0 Å². The lowest BCUT2D eigenvalue weighted by atomic mass is 10.1. The van der Waals surface area contributed by atoms with E-state index in [4.69, 9.17) is 10.5 Å². The van der Waals surface area contributed by atoms with Crippen LogP contribution in [0.3, 0.4) is 0 Å². The number of nitrogens with zero attached hydrogens (tertiary/aromatic N) is 4. The second kappa shape index (κ2) is 5.81. The summed E-state index contributed by atoms with van der Waals surface area (Å²) < 4.78 is 7.03. The number of fused-ring (bicyclic) bond motifs is 1. The van der Waals surface area contributed by atoms with Crippen LogP contribution >= 0.6 is 0 Å². The van der Waals surface area contributed by atoms with Crippen LogP contribution < -0.4 is 11.1 Å². The maximum absolute atomic E-state index is 10.2. The summed E-state index contributed by atoms with van der Waals surface area (Å²) in [7, 11) is 0. The lowest BCUT2D eigenvalue weighted by molar-refractivity contribution is -0.0511. The van der Waals surface area contributed by atoms with Crippen molar-refractivity contribution in [3.05, 3.63) is 6.33 Å². The molecule has 0 amide bonds. The van der Waals surface area contributed by atoms with Gasteiger partial charge in [0.15, 0.2) is 23.2 Å². The van der Waals surface area contributed by atoms with Crippen LogP contribution in [0.4, 0.5) is 11.8 Å². The number of rotatable bonds is 5. The van der Waals surface area contributed by atoms with Gasteiger partial charge in [-0.05, 0) is 18.8 Å².